The maximum atomic E-state index is 12.8. The molecule has 0 saturated carbocycles. The van der Waals surface area contributed by atoms with E-state index >= 15 is 0 Å². The highest BCUT2D eigenvalue weighted by molar-refractivity contribution is 7.89. The predicted octanol–water partition coefficient (Wildman–Crippen LogP) is 3.26. The molecule has 0 aromatic heterocycles. The van der Waals surface area contributed by atoms with Crippen LogP contribution in [-0.2, 0) is 10.0 Å². The summed E-state index contributed by atoms with van der Waals surface area (Å²) in [5, 5.41) is 3.02. The quantitative estimate of drug-likeness (QED) is 0.768. The number of hydrogen-bond acceptors (Lipinski definition) is 4. The average Bonchev–Trinajstić information content (AvgIpc) is 3.27. The monoisotopic (exact) mass is 427 g/mol. The average molecular weight is 428 g/mol. The van der Waals surface area contributed by atoms with Gasteiger partial charge in [0.05, 0.1) is 4.90 Å². The Morgan fingerprint density at radius 2 is 1.60 bits per heavy atom. The van der Waals surface area contributed by atoms with Crippen LogP contribution in [0.25, 0.3) is 0 Å². The highest BCUT2D eigenvalue weighted by Gasteiger charge is 2.27. The van der Waals surface area contributed by atoms with Crippen LogP contribution < -0.4 is 10.2 Å². The molecule has 2 aromatic rings. The number of nitrogens with zero attached hydrogens (tertiary/aromatic N) is 2. The summed E-state index contributed by atoms with van der Waals surface area (Å²) in [6.07, 6.45) is 5.04. The van der Waals surface area contributed by atoms with Crippen LogP contribution in [0, 0.1) is 0 Å². The van der Waals surface area contributed by atoms with E-state index in [-0.39, 0.29) is 16.8 Å². The summed E-state index contributed by atoms with van der Waals surface area (Å²) in [5.74, 6) is -0.170. The molecule has 2 heterocycles. The highest BCUT2D eigenvalue weighted by Crippen LogP contribution is 2.25. The minimum Gasteiger partial charge on any atom is -0.367 e. The van der Waals surface area contributed by atoms with Gasteiger partial charge >= 0.3 is 0 Å². The molecule has 1 unspecified atom stereocenters. The van der Waals surface area contributed by atoms with Gasteiger partial charge in [-0.2, -0.15) is 4.31 Å². The Bertz CT molecular complexity index is 955. The lowest BCUT2D eigenvalue weighted by molar-refractivity contribution is 0.0951. The molecule has 2 aliphatic rings. The van der Waals surface area contributed by atoms with Crippen LogP contribution in [0.4, 0.5) is 5.69 Å². The third-order valence-electron chi connectivity index (χ3n) is 6.03. The second kappa shape index (κ2) is 9.18. The molecular formula is C23H29N3O3S. The van der Waals surface area contributed by atoms with E-state index in [2.05, 4.69) is 22.3 Å². The van der Waals surface area contributed by atoms with Crippen molar-refractivity contribution < 1.29 is 13.2 Å². The Labute approximate surface area is 178 Å². The minimum atomic E-state index is -3.47. The number of nitrogens with one attached hydrogen (secondary N) is 1. The Kier molecular flexibility index (Phi) is 6.39. The first kappa shape index (κ1) is 20.9. The van der Waals surface area contributed by atoms with Gasteiger partial charge in [0.1, 0.15) is 0 Å². The molecule has 6 nitrogen and oxygen atoms in total. The number of para-hydroxylation sites is 1. The van der Waals surface area contributed by atoms with Gasteiger partial charge in [-0.15, -0.1) is 0 Å². The van der Waals surface area contributed by atoms with Crippen molar-refractivity contribution in [2.75, 3.05) is 31.1 Å². The third kappa shape index (κ3) is 4.52. The van der Waals surface area contributed by atoms with Gasteiger partial charge in [0.2, 0.25) is 10.0 Å². The molecule has 1 amide bonds. The van der Waals surface area contributed by atoms with Crippen molar-refractivity contribution in [2.45, 2.75) is 43.0 Å². The number of anilines is 1. The SMILES string of the molecule is O=C(NCC1CCCN1c1ccccc1)c1ccc(S(=O)(=O)N2CCCCC2)cc1. The Balaban J connectivity index is 1.37. The fourth-order valence-corrected chi connectivity index (χ4v) is 5.87. The van der Waals surface area contributed by atoms with Gasteiger partial charge in [0, 0.05) is 43.5 Å². The molecule has 0 aliphatic carbocycles. The van der Waals surface area contributed by atoms with Gasteiger partial charge in [-0.1, -0.05) is 24.6 Å². The maximum absolute atomic E-state index is 12.8. The van der Waals surface area contributed by atoms with Crippen molar-refractivity contribution in [1.82, 2.24) is 9.62 Å². The molecule has 2 aromatic carbocycles. The van der Waals surface area contributed by atoms with E-state index < -0.39 is 10.0 Å². The van der Waals surface area contributed by atoms with Gasteiger partial charge in [-0.05, 0) is 62.1 Å². The number of benzene rings is 2. The molecule has 160 valence electrons. The second-order valence-electron chi connectivity index (χ2n) is 8.02. The number of rotatable bonds is 6. The van der Waals surface area contributed by atoms with Gasteiger partial charge in [0.25, 0.3) is 5.91 Å². The molecule has 0 bridgehead atoms. The number of hydrogen-bond donors (Lipinski definition) is 1. The normalized spacial score (nSPS) is 20.3. The highest BCUT2D eigenvalue weighted by atomic mass is 32.2. The Hall–Kier alpha value is -2.38. The van der Waals surface area contributed by atoms with E-state index in [1.165, 1.54) is 5.69 Å². The maximum Gasteiger partial charge on any atom is 0.251 e. The number of carbonyl (C=O) groups excluding carboxylic acids is 1. The van der Waals surface area contributed by atoms with Crippen LogP contribution in [0.2, 0.25) is 0 Å². The molecule has 0 spiro atoms. The summed E-state index contributed by atoms with van der Waals surface area (Å²) in [7, 11) is -3.47. The van der Waals surface area contributed by atoms with Crippen LogP contribution in [0.15, 0.2) is 59.5 Å². The predicted molar refractivity (Wildman–Crippen MR) is 118 cm³/mol. The summed E-state index contributed by atoms with van der Waals surface area (Å²) in [6, 6.07) is 16.8. The van der Waals surface area contributed by atoms with Crippen molar-refractivity contribution in [3.63, 3.8) is 0 Å². The molecule has 2 saturated heterocycles. The largest absolute Gasteiger partial charge is 0.367 e. The van der Waals surface area contributed by atoms with Gasteiger partial charge in [-0.25, -0.2) is 8.42 Å². The summed E-state index contributed by atoms with van der Waals surface area (Å²) in [5.41, 5.74) is 1.67. The summed E-state index contributed by atoms with van der Waals surface area (Å²) in [4.78, 5) is 15.2. The molecule has 7 heteroatoms. The topological polar surface area (TPSA) is 69.7 Å². The van der Waals surface area contributed by atoms with Crippen molar-refractivity contribution in [3.05, 3.63) is 60.2 Å². The van der Waals surface area contributed by atoms with Crippen LogP contribution in [0.3, 0.4) is 0 Å². The molecule has 1 atom stereocenters. The molecule has 2 fully saturated rings. The Morgan fingerprint density at radius 1 is 0.900 bits per heavy atom. The molecule has 30 heavy (non-hydrogen) atoms. The molecule has 1 N–H and O–H groups in total. The van der Waals surface area contributed by atoms with E-state index in [9.17, 15) is 13.2 Å². The Morgan fingerprint density at radius 3 is 2.30 bits per heavy atom. The smallest absolute Gasteiger partial charge is 0.251 e. The fraction of sp³-hybridized carbons (Fsp3) is 0.435. The molecular weight excluding hydrogens is 398 g/mol. The van der Waals surface area contributed by atoms with Gasteiger partial charge in [0.15, 0.2) is 0 Å². The first-order valence-electron chi connectivity index (χ1n) is 10.8. The van der Waals surface area contributed by atoms with Crippen molar-refractivity contribution in [3.8, 4) is 0 Å². The van der Waals surface area contributed by atoms with E-state index in [1.807, 2.05) is 18.2 Å². The lowest BCUT2D eigenvalue weighted by Gasteiger charge is -2.27. The first-order valence-corrected chi connectivity index (χ1v) is 12.2. The van der Waals surface area contributed by atoms with E-state index in [1.54, 1.807) is 28.6 Å². The zero-order chi connectivity index (χ0) is 21.0. The number of carbonyl (C=O) groups is 1. The first-order chi connectivity index (χ1) is 14.6. The number of piperidine rings is 1. The van der Waals surface area contributed by atoms with E-state index in [0.717, 1.165) is 38.6 Å². The summed E-state index contributed by atoms with van der Waals surface area (Å²) < 4.78 is 27.1. The summed E-state index contributed by atoms with van der Waals surface area (Å²) in [6.45, 7) is 2.71. The fourth-order valence-electron chi connectivity index (χ4n) is 4.35. The van der Waals surface area contributed by atoms with Crippen molar-refractivity contribution >= 4 is 21.6 Å². The number of amides is 1. The molecule has 4 rings (SSSR count). The summed E-state index contributed by atoms with van der Waals surface area (Å²) >= 11 is 0. The van der Waals surface area contributed by atoms with Crippen LogP contribution in [-0.4, -0.2) is 50.9 Å². The van der Waals surface area contributed by atoms with Crippen molar-refractivity contribution in [2.24, 2.45) is 0 Å². The standard InChI is InChI=1S/C23H29N3O3S/c27-23(24-18-21-10-7-17-26(21)20-8-3-1-4-9-20)19-11-13-22(14-12-19)30(28,29)25-15-5-2-6-16-25/h1,3-4,8-9,11-14,21H,2,5-7,10,15-18H2,(H,24,27). The van der Waals surface area contributed by atoms with E-state index in [0.29, 0.717) is 25.2 Å². The van der Waals surface area contributed by atoms with E-state index in [4.69, 9.17) is 0 Å². The second-order valence-corrected chi connectivity index (χ2v) is 9.96. The molecule has 0 radical (unpaired) electrons. The van der Waals surface area contributed by atoms with Crippen LogP contribution in [0.1, 0.15) is 42.5 Å². The van der Waals surface area contributed by atoms with Gasteiger partial charge in [-0.3, -0.25) is 4.79 Å². The minimum absolute atomic E-state index is 0.170. The van der Waals surface area contributed by atoms with Crippen LogP contribution >= 0.6 is 0 Å². The number of sulfonamides is 1. The van der Waals surface area contributed by atoms with Gasteiger partial charge < -0.3 is 10.2 Å². The lowest BCUT2D eigenvalue weighted by Crippen LogP contribution is -2.40. The van der Waals surface area contributed by atoms with Crippen LogP contribution in [0.5, 0.6) is 0 Å². The zero-order valence-corrected chi connectivity index (χ0v) is 18.0. The third-order valence-corrected chi connectivity index (χ3v) is 7.95. The van der Waals surface area contributed by atoms with Crippen molar-refractivity contribution in [1.29, 1.82) is 0 Å². The zero-order valence-electron chi connectivity index (χ0n) is 17.2. The lowest BCUT2D eigenvalue weighted by atomic mass is 10.1. The molecule has 2 aliphatic heterocycles.